The Labute approximate surface area is 194 Å². The number of nitrogens with zero attached hydrogens (tertiary/aromatic N) is 2. The fourth-order valence-electron chi connectivity index (χ4n) is 4.49. The summed E-state index contributed by atoms with van der Waals surface area (Å²) < 4.78 is 34.9. The fraction of sp³-hybridized carbons (Fsp3) is 0.292. The zero-order chi connectivity index (χ0) is 24.6. The van der Waals surface area contributed by atoms with Gasteiger partial charge in [-0.15, -0.1) is 0 Å². The molecule has 3 unspecified atom stereocenters. The lowest BCUT2D eigenvalue weighted by Crippen LogP contribution is -2.41. The van der Waals surface area contributed by atoms with Crippen LogP contribution in [0.5, 0.6) is 5.75 Å². The number of aliphatic imine (C=N–C) groups is 1. The number of carbonyl (C=O) groups is 2. The molecule has 10 heteroatoms. The first kappa shape index (κ1) is 23.4. The monoisotopic (exact) mass is 471 g/mol. The minimum absolute atomic E-state index is 0.0119. The summed E-state index contributed by atoms with van der Waals surface area (Å²) >= 11 is 0. The molecule has 1 aliphatic heterocycles. The van der Waals surface area contributed by atoms with Gasteiger partial charge in [0.05, 0.1) is 6.10 Å². The highest BCUT2D eigenvalue weighted by molar-refractivity contribution is 6.08. The molecule has 4 rings (SSSR count). The van der Waals surface area contributed by atoms with Gasteiger partial charge >= 0.3 is 12.6 Å². The first-order chi connectivity index (χ1) is 16.2. The maximum Gasteiger partial charge on any atom is 0.387 e. The Bertz CT molecular complexity index is 1180. The molecule has 1 amide bonds. The summed E-state index contributed by atoms with van der Waals surface area (Å²) in [4.78, 5) is 30.5. The molecule has 3 atom stereocenters. The van der Waals surface area contributed by atoms with Crippen LogP contribution in [0.1, 0.15) is 29.0 Å². The van der Waals surface area contributed by atoms with Crippen LogP contribution in [0, 0.1) is 0 Å². The van der Waals surface area contributed by atoms with Crippen molar-refractivity contribution in [2.24, 2.45) is 10.7 Å². The summed E-state index contributed by atoms with van der Waals surface area (Å²) in [5, 5.41) is 9.24. The lowest BCUT2D eigenvalue weighted by molar-refractivity contribution is -0.131. The van der Waals surface area contributed by atoms with Gasteiger partial charge < -0.3 is 20.3 Å². The molecule has 2 aromatic rings. The molecule has 34 heavy (non-hydrogen) atoms. The van der Waals surface area contributed by atoms with E-state index in [4.69, 9.17) is 10.5 Å². The van der Waals surface area contributed by atoms with Crippen LogP contribution in [-0.4, -0.2) is 54.7 Å². The van der Waals surface area contributed by atoms with Crippen molar-refractivity contribution >= 4 is 17.8 Å². The van der Waals surface area contributed by atoms with Crippen LogP contribution in [-0.2, 0) is 19.9 Å². The van der Waals surface area contributed by atoms with Crippen molar-refractivity contribution in [3.63, 3.8) is 0 Å². The zero-order valence-electron chi connectivity index (χ0n) is 18.4. The molecule has 2 aliphatic rings. The number of alkyl halides is 2. The van der Waals surface area contributed by atoms with E-state index in [9.17, 15) is 23.5 Å². The number of guanidine groups is 1. The molecule has 0 saturated heterocycles. The molecule has 1 fully saturated rings. The predicted molar refractivity (Wildman–Crippen MR) is 119 cm³/mol. The van der Waals surface area contributed by atoms with Crippen molar-refractivity contribution in [1.82, 2.24) is 4.90 Å². The van der Waals surface area contributed by atoms with Gasteiger partial charge in [0, 0.05) is 26.2 Å². The number of halogens is 2. The third-order valence-electron chi connectivity index (χ3n) is 6.24. The van der Waals surface area contributed by atoms with E-state index in [1.165, 1.54) is 43.3 Å². The molecule has 1 saturated carbocycles. The van der Waals surface area contributed by atoms with Crippen molar-refractivity contribution in [1.29, 1.82) is 0 Å². The highest BCUT2D eigenvalue weighted by Crippen LogP contribution is 2.46. The minimum atomic E-state index is -2.98. The second-order valence-electron chi connectivity index (χ2n) is 8.07. The number of hydrogen-bond donors (Lipinski definition) is 2. The van der Waals surface area contributed by atoms with E-state index in [1.807, 2.05) is 6.07 Å². The van der Waals surface area contributed by atoms with E-state index in [-0.39, 0.29) is 23.7 Å². The molecular weight excluding hydrogens is 448 g/mol. The van der Waals surface area contributed by atoms with E-state index in [0.717, 1.165) is 11.6 Å². The molecule has 1 aliphatic carbocycles. The molecule has 0 radical (unpaired) electrons. The Morgan fingerprint density at radius 1 is 1.26 bits per heavy atom. The maximum atomic E-state index is 13.4. The van der Waals surface area contributed by atoms with Crippen LogP contribution in [0.15, 0.2) is 65.2 Å². The zero-order valence-corrected chi connectivity index (χ0v) is 18.4. The number of carbonyl (C=O) groups excluding carboxylic acids is 1. The van der Waals surface area contributed by atoms with Crippen LogP contribution in [0.4, 0.5) is 8.78 Å². The highest BCUT2D eigenvalue weighted by atomic mass is 19.3. The Morgan fingerprint density at radius 2 is 1.97 bits per heavy atom. The predicted octanol–water partition coefficient (Wildman–Crippen LogP) is 2.83. The molecule has 0 spiro atoms. The van der Waals surface area contributed by atoms with Crippen LogP contribution in [0.2, 0.25) is 0 Å². The Balaban J connectivity index is 1.79. The SMILES string of the molecule is COC1CC(c2cccc(C3(c4ccc(OC(F)F)cc4)N=C(N)N(C)C3=O)c2)C1=CC(=O)O. The van der Waals surface area contributed by atoms with Crippen LogP contribution >= 0.6 is 0 Å². The average Bonchev–Trinajstić information content (AvgIpc) is 3.02. The van der Waals surface area contributed by atoms with Crippen molar-refractivity contribution in [3.8, 4) is 5.75 Å². The Kier molecular flexibility index (Phi) is 6.09. The second kappa shape index (κ2) is 8.86. The minimum Gasteiger partial charge on any atom is -0.478 e. The molecule has 8 nitrogen and oxygen atoms in total. The van der Waals surface area contributed by atoms with E-state index < -0.39 is 24.0 Å². The van der Waals surface area contributed by atoms with Gasteiger partial charge in [-0.2, -0.15) is 8.78 Å². The maximum absolute atomic E-state index is 13.4. The first-order valence-corrected chi connectivity index (χ1v) is 10.4. The highest BCUT2D eigenvalue weighted by Gasteiger charge is 2.50. The number of hydrogen-bond acceptors (Lipinski definition) is 6. The number of methoxy groups -OCH3 is 1. The largest absolute Gasteiger partial charge is 0.478 e. The number of likely N-dealkylation sites (N-methyl/N-ethyl adjacent to an activating group) is 1. The number of rotatable bonds is 7. The van der Waals surface area contributed by atoms with Crippen molar-refractivity contribution in [2.75, 3.05) is 14.2 Å². The molecule has 0 aromatic heterocycles. The van der Waals surface area contributed by atoms with Gasteiger partial charge in [-0.05, 0) is 40.8 Å². The van der Waals surface area contributed by atoms with E-state index in [2.05, 4.69) is 9.73 Å². The number of nitrogens with two attached hydrogens (primary N) is 1. The molecule has 2 aromatic carbocycles. The number of aliphatic carboxylic acids is 1. The Hall–Kier alpha value is -3.79. The molecule has 0 bridgehead atoms. The van der Waals surface area contributed by atoms with E-state index in [1.54, 1.807) is 18.2 Å². The Morgan fingerprint density at radius 3 is 2.53 bits per heavy atom. The van der Waals surface area contributed by atoms with Crippen molar-refractivity contribution < 1.29 is 33.0 Å². The fourth-order valence-corrected chi connectivity index (χ4v) is 4.49. The number of ether oxygens (including phenoxy) is 2. The number of amides is 1. The lowest BCUT2D eigenvalue weighted by Gasteiger charge is -2.38. The summed E-state index contributed by atoms with van der Waals surface area (Å²) in [6.07, 6.45) is 1.44. The number of carboxylic acids is 1. The van der Waals surface area contributed by atoms with Gasteiger partial charge in [-0.25, -0.2) is 9.79 Å². The molecule has 178 valence electrons. The van der Waals surface area contributed by atoms with Crippen molar-refractivity contribution in [3.05, 3.63) is 76.9 Å². The quantitative estimate of drug-likeness (QED) is 0.601. The molecular formula is C24H23F2N3O5. The normalized spacial score (nSPS) is 25.4. The number of benzene rings is 2. The summed E-state index contributed by atoms with van der Waals surface area (Å²) in [6, 6.07) is 12.8. The van der Waals surface area contributed by atoms with E-state index >= 15 is 0 Å². The van der Waals surface area contributed by atoms with Crippen LogP contribution < -0.4 is 10.5 Å². The second-order valence-corrected chi connectivity index (χ2v) is 8.07. The van der Waals surface area contributed by atoms with Crippen LogP contribution in [0.3, 0.4) is 0 Å². The summed E-state index contributed by atoms with van der Waals surface area (Å²) in [5.41, 5.74) is 6.84. The topological polar surface area (TPSA) is 114 Å². The average molecular weight is 471 g/mol. The lowest BCUT2D eigenvalue weighted by atomic mass is 9.71. The smallest absolute Gasteiger partial charge is 0.387 e. The van der Waals surface area contributed by atoms with E-state index in [0.29, 0.717) is 23.1 Å². The summed E-state index contributed by atoms with van der Waals surface area (Å²) in [6.45, 7) is -2.98. The van der Waals surface area contributed by atoms with Gasteiger partial charge in [-0.3, -0.25) is 9.69 Å². The standard InChI is InChI=1S/C24H23F2N3O5/c1-29-21(32)24(28-23(29)27,14-6-8-16(9-7-14)34-22(25)26)15-5-3-4-13(10-15)17-11-19(33-2)18(17)12-20(30)31/h3-10,12,17,19,22H,11H2,1-2H3,(H2,27,28)(H,30,31). The summed E-state index contributed by atoms with van der Waals surface area (Å²) in [7, 11) is 3.03. The molecule has 3 N–H and O–H groups in total. The number of carboxylic acid groups (broad SMARTS) is 1. The van der Waals surface area contributed by atoms with Gasteiger partial charge in [0.1, 0.15) is 5.75 Å². The third-order valence-corrected chi connectivity index (χ3v) is 6.24. The van der Waals surface area contributed by atoms with Gasteiger partial charge in [0.15, 0.2) is 11.5 Å². The summed E-state index contributed by atoms with van der Waals surface area (Å²) in [5.74, 6) is -1.71. The first-order valence-electron chi connectivity index (χ1n) is 10.4. The van der Waals surface area contributed by atoms with Gasteiger partial charge in [0.2, 0.25) is 0 Å². The van der Waals surface area contributed by atoms with Gasteiger partial charge in [-0.1, -0.05) is 36.4 Å². The third kappa shape index (κ3) is 3.90. The van der Waals surface area contributed by atoms with Crippen molar-refractivity contribution in [2.45, 2.75) is 30.6 Å². The molecule has 1 heterocycles. The van der Waals surface area contributed by atoms with Gasteiger partial charge in [0.25, 0.3) is 5.91 Å². The van der Waals surface area contributed by atoms with Crippen LogP contribution in [0.25, 0.3) is 0 Å².